The quantitative estimate of drug-likeness (QED) is 0.654. The molecule has 0 radical (unpaired) electrons. The van der Waals surface area contributed by atoms with Gasteiger partial charge in [0.2, 0.25) is 0 Å². The monoisotopic (exact) mass is 212 g/mol. The summed E-state index contributed by atoms with van der Waals surface area (Å²) in [5.74, 6) is 0. The van der Waals surface area contributed by atoms with Gasteiger partial charge >= 0.3 is 0 Å². The topological polar surface area (TPSA) is 24.5 Å². The molecule has 2 aliphatic rings. The van der Waals surface area contributed by atoms with Gasteiger partial charge in [0.1, 0.15) is 0 Å². The van der Waals surface area contributed by atoms with E-state index in [-0.39, 0.29) is 11.1 Å². The number of rotatable bonds is 0. The van der Waals surface area contributed by atoms with Crippen molar-refractivity contribution in [3.05, 3.63) is 0 Å². The highest BCUT2D eigenvalue weighted by Gasteiger charge is 2.40. The molecule has 2 fully saturated rings. The molecule has 1 N–H and O–H groups in total. The molecule has 15 heavy (non-hydrogen) atoms. The molecule has 0 aromatic heterocycles. The highest BCUT2D eigenvalue weighted by Crippen LogP contribution is 2.30. The molecule has 1 unspecified atom stereocenters. The Morgan fingerprint density at radius 1 is 1.33 bits per heavy atom. The van der Waals surface area contributed by atoms with E-state index in [1.54, 1.807) is 0 Å². The van der Waals surface area contributed by atoms with Gasteiger partial charge in [0, 0.05) is 25.2 Å². The molecule has 2 heterocycles. The minimum Gasteiger partial charge on any atom is -0.371 e. The van der Waals surface area contributed by atoms with Crippen molar-refractivity contribution in [1.82, 2.24) is 10.2 Å². The van der Waals surface area contributed by atoms with Crippen LogP contribution in [0.5, 0.6) is 0 Å². The standard InChI is InChI=1S/C12H24N2O/c1-11(2,3)14-7-4-5-12(10-14)9-13-6-8-15-12/h13H,4-10H2,1-3H3. The summed E-state index contributed by atoms with van der Waals surface area (Å²) in [6.07, 6.45) is 2.48. The van der Waals surface area contributed by atoms with Crippen LogP contribution in [0.4, 0.5) is 0 Å². The van der Waals surface area contributed by atoms with E-state index >= 15 is 0 Å². The average Bonchev–Trinajstić information content (AvgIpc) is 2.18. The summed E-state index contributed by atoms with van der Waals surface area (Å²) in [6, 6.07) is 0. The summed E-state index contributed by atoms with van der Waals surface area (Å²) >= 11 is 0. The predicted molar refractivity (Wildman–Crippen MR) is 62.1 cm³/mol. The molecule has 0 bridgehead atoms. The van der Waals surface area contributed by atoms with Crippen molar-refractivity contribution in [2.24, 2.45) is 0 Å². The van der Waals surface area contributed by atoms with Crippen molar-refractivity contribution in [2.75, 3.05) is 32.8 Å². The van der Waals surface area contributed by atoms with E-state index < -0.39 is 0 Å². The number of piperidine rings is 1. The molecule has 1 atom stereocenters. The van der Waals surface area contributed by atoms with E-state index in [1.807, 2.05) is 0 Å². The van der Waals surface area contributed by atoms with Gasteiger partial charge in [-0.3, -0.25) is 4.90 Å². The maximum absolute atomic E-state index is 6.03. The molecule has 3 heteroatoms. The molecule has 2 aliphatic heterocycles. The van der Waals surface area contributed by atoms with Crippen LogP contribution in [0.2, 0.25) is 0 Å². The van der Waals surface area contributed by atoms with Gasteiger partial charge < -0.3 is 10.1 Å². The minimum absolute atomic E-state index is 0.101. The average molecular weight is 212 g/mol. The third-order valence-corrected chi connectivity index (χ3v) is 3.62. The van der Waals surface area contributed by atoms with Gasteiger partial charge in [0.05, 0.1) is 12.2 Å². The van der Waals surface area contributed by atoms with Crippen LogP contribution in [-0.4, -0.2) is 48.8 Å². The first-order chi connectivity index (χ1) is 7.02. The Labute approximate surface area is 93.2 Å². The second-order valence-electron chi connectivity index (χ2n) is 5.90. The first-order valence-corrected chi connectivity index (χ1v) is 6.12. The molecular weight excluding hydrogens is 188 g/mol. The van der Waals surface area contributed by atoms with Crippen LogP contribution in [-0.2, 0) is 4.74 Å². The molecule has 88 valence electrons. The Hall–Kier alpha value is -0.120. The molecule has 0 aromatic carbocycles. The number of hydrogen-bond donors (Lipinski definition) is 1. The van der Waals surface area contributed by atoms with Crippen LogP contribution in [0.25, 0.3) is 0 Å². The number of nitrogens with one attached hydrogen (secondary N) is 1. The zero-order valence-corrected chi connectivity index (χ0v) is 10.3. The summed E-state index contributed by atoms with van der Waals surface area (Å²) in [4.78, 5) is 2.56. The molecule has 0 aromatic rings. The lowest BCUT2D eigenvalue weighted by Crippen LogP contribution is -2.61. The van der Waals surface area contributed by atoms with Crippen LogP contribution in [0, 0.1) is 0 Å². The SMILES string of the molecule is CC(C)(C)N1CCCC2(CNCCO2)C1. The highest BCUT2D eigenvalue weighted by atomic mass is 16.5. The third-order valence-electron chi connectivity index (χ3n) is 3.62. The maximum Gasteiger partial charge on any atom is 0.0933 e. The molecule has 2 saturated heterocycles. The second kappa shape index (κ2) is 4.04. The summed E-state index contributed by atoms with van der Waals surface area (Å²) in [5, 5.41) is 3.47. The van der Waals surface area contributed by atoms with Crippen molar-refractivity contribution < 1.29 is 4.74 Å². The number of morpholine rings is 1. The zero-order chi connectivity index (χ0) is 10.9. The second-order valence-corrected chi connectivity index (χ2v) is 5.90. The molecule has 0 aliphatic carbocycles. The van der Waals surface area contributed by atoms with Crippen LogP contribution >= 0.6 is 0 Å². The Bertz CT molecular complexity index is 211. The Balaban J connectivity index is 2.02. The van der Waals surface area contributed by atoms with Crippen molar-refractivity contribution in [1.29, 1.82) is 0 Å². The van der Waals surface area contributed by atoms with Crippen molar-refractivity contribution in [3.63, 3.8) is 0 Å². The summed E-state index contributed by atoms with van der Waals surface area (Å²) in [5.41, 5.74) is 0.373. The zero-order valence-electron chi connectivity index (χ0n) is 10.3. The van der Waals surface area contributed by atoms with Gasteiger partial charge in [-0.15, -0.1) is 0 Å². The lowest BCUT2D eigenvalue weighted by molar-refractivity contribution is -0.119. The van der Waals surface area contributed by atoms with Crippen LogP contribution < -0.4 is 5.32 Å². The lowest BCUT2D eigenvalue weighted by Gasteiger charge is -2.49. The van der Waals surface area contributed by atoms with Gasteiger partial charge in [0.15, 0.2) is 0 Å². The van der Waals surface area contributed by atoms with E-state index in [0.29, 0.717) is 0 Å². The Morgan fingerprint density at radius 2 is 2.13 bits per heavy atom. The van der Waals surface area contributed by atoms with E-state index in [2.05, 4.69) is 31.0 Å². The predicted octanol–water partition coefficient (Wildman–Crippen LogP) is 1.24. The Morgan fingerprint density at radius 3 is 2.73 bits per heavy atom. The molecule has 3 nitrogen and oxygen atoms in total. The number of ether oxygens (including phenoxy) is 1. The Kier molecular flexibility index (Phi) is 3.06. The molecule has 2 rings (SSSR count). The fraction of sp³-hybridized carbons (Fsp3) is 1.00. The minimum atomic E-state index is 0.101. The highest BCUT2D eigenvalue weighted by molar-refractivity contribution is 4.95. The van der Waals surface area contributed by atoms with Gasteiger partial charge in [0.25, 0.3) is 0 Å². The first-order valence-electron chi connectivity index (χ1n) is 6.12. The summed E-state index contributed by atoms with van der Waals surface area (Å²) in [7, 11) is 0. The number of hydrogen-bond acceptors (Lipinski definition) is 3. The van der Waals surface area contributed by atoms with Gasteiger partial charge in [-0.25, -0.2) is 0 Å². The fourth-order valence-corrected chi connectivity index (χ4v) is 2.64. The van der Waals surface area contributed by atoms with Crippen molar-refractivity contribution in [3.8, 4) is 0 Å². The van der Waals surface area contributed by atoms with Gasteiger partial charge in [-0.05, 0) is 40.2 Å². The lowest BCUT2D eigenvalue weighted by atomic mass is 9.88. The summed E-state index contributed by atoms with van der Waals surface area (Å²) in [6.45, 7) is 12.1. The van der Waals surface area contributed by atoms with E-state index in [4.69, 9.17) is 4.74 Å². The van der Waals surface area contributed by atoms with E-state index in [1.165, 1.54) is 19.4 Å². The first kappa shape index (κ1) is 11.4. The van der Waals surface area contributed by atoms with Crippen LogP contribution in [0.3, 0.4) is 0 Å². The number of nitrogens with zero attached hydrogens (tertiary/aromatic N) is 1. The van der Waals surface area contributed by atoms with Gasteiger partial charge in [-0.2, -0.15) is 0 Å². The molecular formula is C12H24N2O. The van der Waals surface area contributed by atoms with Crippen molar-refractivity contribution in [2.45, 2.75) is 44.8 Å². The van der Waals surface area contributed by atoms with Crippen LogP contribution in [0.15, 0.2) is 0 Å². The number of likely N-dealkylation sites (tertiary alicyclic amines) is 1. The van der Waals surface area contributed by atoms with Gasteiger partial charge in [-0.1, -0.05) is 0 Å². The third kappa shape index (κ3) is 2.52. The normalized spacial score (nSPS) is 34.6. The molecule has 1 spiro atoms. The largest absolute Gasteiger partial charge is 0.371 e. The molecule has 0 saturated carbocycles. The summed E-state index contributed by atoms with van der Waals surface area (Å²) < 4.78 is 6.03. The van der Waals surface area contributed by atoms with Crippen LogP contribution in [0.1, 0.15) is 33.6 Å². The smallest absolute Gasteiger partial charge is 0.0933 e. The van der Waals surface area contributed by atoms with Crippen molar-refractivity contribution >= 4 is 0 Å². The van der Waals surface area contributed by atoms with E-state index in [0.717, 1.165) is 26.2 Å². The van der Waals surface area contributed by atoms with E-state index in [9.17, 15) is 0 Å². The maximum atomic E-state index is 6.03. The molecule has 0 amide bonds. The fourth-order valence-electron chi connectivity index (χ4n) is 2.64.